The summed E-state index contributed by atoms with van der Waals surface area (Å²) in [5.74, 6) is 0.477. The maximum Gasteiger partial charge on any atom is 0.146 e. The van der Waals surface area contributed by atoms with Crippen LogP contribution in [0.15, 0.2) is 72.8 Å². The molecule has 0 radical (unpaired) electrons. The maximum absolute atomic E-state index is 12.1. The number of aromatic nitrogens is 6. The van der Waals surface area contributed by atoms with Crippen LogP contribution in [0.2, 0.25) is 0 Å². The SMILES string of the molecule is CC(C)(C)CC(C)(C)c1cc(Cc2cc(C(C)(C)CC(C)(C)C)cc(-n3n4c5ccccc5n34)c2O)c(O)c(-n2n3c4ccccc4n23)c1. The molecule has 0 unspecified atom stereocenters. The van der Waals surface area contributed by atoms with E-state index in [2.05, 4.69) is 146 Å². The van der Waals surface area contributed by atoms with Crippen LogP contribution in [0, 0.1) is 10.8 Å². The normalized spacial score (nSPS) is 13.9. The van der Waals surface area contributed by atoms with E-state index >= 15 is 0 Å². The molecule has 8 heteroatoms. The van der Waals surface area contributed by atoms with Gasteiger partial charge < -0.3 is 10.2 Å². The minimum Gasteiger partial charge on any atom is -0.505 e. The third-order valence-corrected chi connectivity index (χ3v) is 10.3. The standard InChI is InChI=1S/C41H50N6O2/c1-38(2,3)24-40(7,8)28-20-26(36(48)34(22-28)46-42-30-15-11-12-16-31(30)43(42)46)19-27-21-29(41(9,10)25-39(4,5)6)23-35(37(27)49)47-44-32-17-13-14-18-33(32)45(44)47/h11-18,20-23,48-49H,19,24-25H2,1-10H3. The molecule has 4 aromatic carbocycles. The van der Waals surface area contributed by atoms with Crippen molar-refractivity contribution in [3.63, 3.8) is 0 Å². The van der Waals surface area contributed by atoms with Gasteiger partial charge in [0.05, 0.1) is 0 Å². The van der Waals surface area contributed by atoms with Gasteiger partial charge in [0.2, 0.25) is 0 Å². The Morgan fingerprint density at radius 1 is 0.469 bits per heavy atom. The Labute approximate surface area is 287 Å². The molecule has 0 saturated heterocycles. The zero-order valence-electron chi connectivity index (χ0n) is 30.6. The van der Waals surface area contributed by atoms with Gasteiger partial charge in [0, 0.05) is 17.5 Å². The van der Waals surface area contributed by atoms with Crippen molar-refractivity contribution >= 4 is 22.1 Å². The zero-order valence-corrected chi connectivity index (χ0v) is 30.6. The fourth-order valence-corrected chi connectivity index (χ4v) is 8.77. The van der Waals surface area contributed by atoms with E-state index in [1.807, 2.05) is 24.3 Å². The molecular formula is C41H50N6O2. The first-order valence-electron chi connectivity index (χ1n) is 17.6. The predicted octanol–water partition coefficient (Wildman–Crippen LogP) is 9.58. The molecule has 0 fully saturated rings. The first-order valence-corrected chi connectivity index (χ1v) is 17.6. The second-order valence-electron chi connectivity index (χ2n) is 18.1. The number of benzene rings is 4. The summed E-state index contributed by atoms with van der Waals surface area (Å²) in [5, 5.41) is 24.2. The van der Waals surface area contributed by atoms with E-state index in [9.17, 15) is 10.2 Å². The molecule has 0 saturated carbocycles. The number of hydrogen-bond donors (Lipinski definition) is 2. The van der Waals surface area contributed by atoms with E-state index in [1.54, 1.807) is 0 Å². The van der Waals surface area contributed by atoms with Gasteiger partial charge in [0.25, 0.3) is 0 Å². The lowest BCUT2D eigenvalue weighted by atomic mass is 9.71. The van der Waals surface area contributed by atoms with Gasteiger partial charge in [-0.25, -0.2) is 0 Å². The van der Waals surface area contributed by atoms with Crippen LogP contribution in [0.4, 0.5) is 0 Å². The van der Waals surface area contributed by atoms with Crippen LogP contribution in [0.25, 0.3) is 33.4 Å². The molecule has 49 heavy (non-hydrogen) atoms. The molecule has 4 aromatic heterocycles. The average Bonchev–Trinajstić information content (AvgIpc) is 3.84. The molecule has 0 spiro atoms. The number of rotatable bonds is 8. The lowest BCUT2D eigenvalue weighted by molar-refractivity contribution is 0.283. The van der Waals surface area contributed by atoms with Gasteiger partial charge in [-0.3, -0.25) is 0 Å². The van der Waals surface area contributed by atoms with Crippen molar-refractivity contribution in [2.45, 2.75) is 99.3 Å². The number of phenolic OH excluding ortho intramolecular Hbond substituents is 2. The Morgan fingerprint density at radius 3 is 1.06 bits per heavy atom. The molecule has 0 aliphatic carbocycles. The fraction of sp³-hybridized carbons (Fsp3) is 0.415. The lowest BCUT2D eigenvalue weighted by Gasteiger charge is -2.34. The van der Waals surface area contributed by atoms with Gasteiger partial charge in [-0.15, -0.1) is 28.1 Å². The molecule has 2 N–H and O–H groups in total. The number of hydrogen-bond acceptors (Lipinski definition) is 2. The van der Waals surface area contributed by atoms with Gasteiger partial charge in [-0.1, -0.05) is 106 Å². The van der Waals surface area contributed by atoms with E-state index in [4.69, 9.17) is 0 Å². The number of para-hydroxylation sites is 4. The van der Waals surface area contributed by atoms with Crippen molar-refractivity contribution in [1.29, 1.82) is 0 Å². The molecule has 0 amide bonds. The highest BCUT2D eigenvalue weighted by Gasteiger charge is 2.35. The summed E-state index contributed by atoms with van der Waals surface area (Å²) < 4.78 is 8.38. The first-order chi connectivity index (χ1) is 22.9. The van der Waals surface area contributed by atoms with Crippen molar-refractivity contribution in [2.75, 3.05) is 0 Å². The molecule has 4 heterocycles. The van der Waals surface area contributed by atoms with Crippen molar-refractivity contribution in [1.82, 2.24) is 28.1 Å². The van der Waals surface area contributed by atoms with Crippen molar-refractivity contribution < 1.29 is 10.2 Å². The van der Waals surface area contributed by atoms with Gasteiger partial charge in [0.15, 0.2) is 0 Å². The first kappa shape index (κ1) is 31.5. The van der Waals surface area contributed by atoms with Crippen LogP contribution in [0.5, 0.6) is 11.5 Å². The molecule has 8 aromatic rings. The summed E-state index contributed by atoms with van der Waals surface area (Å²) in [5.41, 5.74) is 9.87. The topological polar surface area (TPSA) is 68.0 Å². The number of aromatic hydroxyl groups is 2. The lowest BCUT2D eigenvalue weighted by Crippen LogP contribution is -2.25. The summed E-state index contributed by atoms with van der Waals surface area (Å²) in [6.45, 7) is 22.9. The van der Waals surface area contributed by atoms with E-state index < -0.39 is 0 Å². The highest BCUT2D eigenvalue weighted by molar-refractivity contribution is 5.80. The Morgan fingerprint density at radius 2 is 0.776 bits per heavy atom. The Kier molecular flexibility index (Phi) is 6.39. The summed E-state index contributed by atoms with van der Waals surface area (Å²) >= 11 is 0. The average molecular weight is 659 g/mol. The number of nitrogens with zero attached hydrogens (tertiary/aromatic N) is 6. The molecular weight excluding hydrogens is 608 g/mol. The minimum absolute atomic E-state index is 0.115. The van der Waals surface area contributed by atoms with Crippen molar-refractivity contribution in [3.05, 3.63) is 95.1 Å². The summed E-state index contributed by atoms with van der Waals surface area (Å²) in [6.07, 6.45) is 2.34. The Hall–Kier alpha value is -4.72. The second-order valence-corrected chi connectivity index (χ2v) is 18.1. The number of fused-ring (bicyclic) bond motifs is 8. The van der Waals surface area contributed by atoms with E-state index in [-0.39, 0.29) is 33.2 Å². The maximum atomic E-state index is 12.1. The highest BCUT2D eigenvalue weighted by Crippen LogP contribution is 2.45. The Balaban J connectivity index is 1.30. The quantitative estimate of drug-likeness (QED) is 0.171. The summed E-state index contributed by atoms with van der Waals surface area (Å²) in [7, 11) is 0. The zero-order chi connectivity index (χ0) is 35.0. The largest absolute Gasteiger partial charge is 0.505 e. The summed E-state index contributed by atoms with van der Waals surface area (Å²) in [6, 6.07) is 25.2. The molecule has 0 atom stereocenters. The second kappa shape index (κ2) is 9.93. The molecule has 0 aliphatic heterocycles. The van der Waals surface area contributed by atoms with Gasteiger partial charge in [-0.05, 0) is 82.0 Å². The molecule has 0 bridgehead atoms. The third-order valence-electron chi connectivity index (χ3n) is 10.3. The monoisotopic (exact) mass is 658 g/mol. The molecule has 0 aliphatic rings. The smallest absolute Gasteiger partial charge is 0.146 e. The van der Waals surface area contributed by atoms with Crippen LogP contribution >= 0.6 is 0 Å². The Bertz CT molecular complexity index is 2210. The summed E-state index contributed by atoms with van der Waals surface area (Å²) in [4.78, 5) is 4.11. The predicted molar refractivity (Wildman–Crippen MR) is 198 cm³/mol. The molecule has 8 nitrogen and oxygen atoms in total. The van der Waals surface area contributed by atoms with E-state index in [0.717, 1.165) is 57.4 Å². The van der Waals surface area contributed by atoms with Crippen LogP contribution in [0.1, 0.15) is 104 Å². The number of phenols is 2. The van der Waals surface area contributed by atoms with Crippen LogP contribution in [-0.4, -0.2) is 38.3 Å². The van der Waals surface area contributed by atoms with Crippen LogP contribution < -0.4 is 0 Å². The van der Waals surface area contributed by atoms with E-state index in [1.165, 1.54) is 11.1 Å². The molecule has 256 valence electrons. The van der Waals surface area contributed by atoms with Gasteiger partial charge in [-0.2, -0.15) is 0 Å². The fourth-order valence-electron chi connectivity index (χ4n) is 8.77. The van der Waals surface area contributed by atoms with E-state index in [0.29, 0.717) is 6.42 Å². The van der Waals surface area contributed by atoms with Crippen molar-refractivity contribution in [3.8, 4) is 22.9 Å². The van der Waals surface area contributed by atoms with Gasteiger partial charge in [0.1, 0.15) is 44.9 Å². The molecule has 8 rings (SSSR count). The van der Waals surface area contributed by atoms with Crippen molar-refractivity contribution in [2.24, 2.45) is 10.8 Å². The van der Waals surface area contributed by atoms with Crippen LogP contribution in [-0.2, 0) is 17.3 Å². The van der Waals surface area contributed by atoms with Crippen LogP contribution in [0.3, 0.4) is 0 Å². The highest BCUT2D eigenvalue weighted by atomic mass is 16.3. The van der Waals surface area contributed by atoms with Gasteiger partial charge >= 0.3 is 0 Å². The minimum atomic E-state index is -0.156. The third kappa shape index (κ3) is 5.01.